The predicted octanol–water partition coefficient (Wildman–Crippen LogP) is 4.16. The minimum Gasteiger partial charge on any atom is -0.358 e. The summed E-state index contributed by atoms with van der Waals surface area (Å²) in [6.07, 6.45) is 3.53. The predicted molar refractivity (Wildman–Crippen MR) is 111 cm³/mol. The molecular weight excluding hydrogens is 334 g/mol. The molecule has 2 aromatic rings. The average Bonchev–Trinajstić information content (AvgIpc) is 2.97. The van der Waals surface area contributed by atoms with Crippen LogP contribution in [-0.4, -0.2) is 53.4 Å². The average molecular weight is 368 g/mol. The van der Waals surface area contributed by atoms with Gasteiger partial charge in [-0.1, -0.05) is 32.0 Å². The molecule has 4 nitrogen and oxygen atoms in total. The maximum absolute atomic E-state index is 12.8. The fourth-order valence-electron chi connectivity index (χ4n) is 5.36. The van der Waals surface area contributed by atoms with Crippen molar-refractivity contribution in [2.75, 3.05) is 32.7 Å². The van der Waals surface area contributed by atoms with Crippen LogP contribution in [0.2, 0.25) is 0 Å². The molecule has 2 aliphatic rings. The summed E-state index contributed by atoms with van der Waals surface area (Å²) in [7, 11) is 0. The molecule has 1 amide bonds. The molecule has 0 aliphatic carbocycles. The Kier molecular flexibility index (Phi) is 5.27. The van der Waals surface area contributed by atoms with E-state index in [1.54, 1.807) is 0 Å². The molecule has 2 atom stereocenters. The highest BCUT2D eigenvalue weighted by atomic mass is 16.2. The molecule has 2 saturated heterocycles. The van der Waals surface area contributed by atoms with Gasteiger partial charge in [0.05, 0.1) is 6.54 Å². The van der Waals surface area contributed by atoms with Gasteiger partial charge in [-0.15, -0.1) is 0 Å². The van der Waals surface area contributed by atoms with E-state index in [0.29, 0.717) is 30.2 Å². The Morgan fingerprint density at radius 3 is 2.48 bits per heavy atom. The molecular formula is C23H33N3O. The number of H-pyrrole nitrogens is 1. The fourth-order valence-corrected chi connectivity index (χ4v) is 5.36. The molecule has 0 radical (unpaired) electrons. The zero-order valence-corrected chi connectivity index (χ0v) is 17.0. The van der Waals surface area contributed by atoms with E-state index in [2.05, 4.69) is 59.8 Å². The Bertz CT molecular complexity index is 793. The number of carbonyl (C=O) groups excluding carboxylic acids is 1. The Balaban J connectivity index is 1.36. The number of carbonyl (C=O) groups is 1. The van der Waals surface area contributed by atoms with Crippen LogP contribution in [0.5, 0.6) is 0 Å². The maximum atomic E-state index is 12.8. The summed E-state index contributed by atoms with van der Waals surface area (Å²) in [5.41, 5.74) is 4.05. The number of benzene rings is 1. The van der Waals surface area contributed by atoms with Crippen LogP contribution < -0.4 is 0 Å². The van der Waals surface area contributed by atoms with E-state index in [1.165, 1.54) is 28.6 Å². The van der Waals surface area contributed by atoms with Crippen LogP contribution in [0.15, 0.2) is 24.3 Å². The summed E-state index contributed by atoms with van der Waals surface area (Å²) >= 11 is 0. The van der Waals surface area contributed by atoms with Crippen molar-refractivity contribution in [3.8, 4) is 0 Å². The van der Waals surface area contributed by atoms with E-state index in [1.807, 2.05) is 0 Å². The van der Waals surface area contributed by atoms with Gasteiger partial charge >= 0.3 is 0 Å². The number of para-hydroxylation sites is 1. The van der Waals surface area contributed by atoms with Gasteiger partial charge in [-0.2, -0.15) is 0 Å². The molecule has 4 rings (SSSR count). The number of nitrogens with one attached hydrogen (secondary N) is 1. The van der Waals surface area contributed by atoms with Crippen molar-refractivity contribution < 1.29 is 4.79 Å². The number of aryl methyl sites for hydroxylation is 1. The Morgan fingerprint density at radius 2 is 1.78 bits per heavy atom. The zero-order chi connectivity index (χ0) is 19.0. The van der Waals surface area contributed by atoms with E-state index >= 15 is 0 Å². The number of piperidine rings is 2. The fraction of sp³-hybridized carbons (Fsp3) is 0.609. The summed E-state index contributed by atoms with van der Waals surface area (Å²) in [6, 6.07) is 8.63. The number of amides is 1. The summed E-state index contributed by atoms with van der Waals surface area (Å²) in [6.45, 7) is 11.3. The number of fused-ring (bicyclic) bond motifs is 1. The SMILES string of the molecule is Cc1[nH]c2ccccc2c1C1CCN(CC(=O)N2CC(C)CC(C)C2)CC1. The summed E-state index contributed by atoms with van der Waals surface area (Å²) < 4.78 is 0. The molecule has 4 heteroatoms. The smallest absolute Gasteiger partial charge is 0.236 e. The molecule has 1 aromatic carbocycles. The number of rotatable bonds is 3. The van der Waals surface area contributed by atoms with Gasteiger partial charge in [-0.25, -0.2) is 0 Å². The summed E-state index contributed by atoms with van der Waals surface area (Å²) in [5.74, 6) is 2.19. The molecule has 0 saturated carbocycles. The second-order valence-electron chi connectivity index (χ2n) is 9.00. The molecule has 2 unspecified atom stereocenters. The van der Waals surface area contributed by atoms with Crippen LogP contribution in [0, 0.1) is 18.8 Å². The zero-order valence-electron chi connectivity index (χ0n) is 17.0. The minimum absolute atomic E-state index is 0.329. The topological polar surface area (TPSA) is 39.3 Å². The lowest BCUT2D eigenvalue weighted by atomic mass is 9.87. The van der Waals surface area contributed by atoms with Gasteiger partial charge in [0.15, 0.2) is 0 Å². The molecule has 1 N–H and O–H groups in total. The summed E-state index contributed by atoms with van der Waals surface area (Å²) in [5, 5.41) is 1.38. The Hall–Kier alpha value is -1.81. The van der Waals surface area contributed by atoms with E-state index in [0.717, 1.165) is 39.0 Å². The normalized spacial score (nSPS) is 25.2. The third-order valence-corrected chi connectivity index (χ3v) is 6.52. The van der Waals surface area contributed by atoms with Gasteiger partial charge in [0.1, 0.15) is 0 Å². The highest BCUT2D eigenvalue weighted by Gasteiger charge is 2.29. The molecule has 0 spiro atoms. The van der Waals surface area contributed by atoms with Crippen LogP contribution >= 0.6 is 0 Å². The number of hydrogen-bond acceptors (Lipinski definition) is 2. The number of likely N-dealkylation sites (tertiary alicyclic amines) is 2. The van der Waals surface area contributed by atoms with Crippen molar-refractivity contribution in [2.45, 2.75) is 46.0 Å². The van der Waals surface area contributed by atoms with Gasteiger partial charge in [0.2, 0.25) is 5.91 Å². The van der Waals surface area contributed by atoms with Crippen LogP contribution in [0.4, 0.5) is 0 Å². The first-order valence-electron chi connectivity index (χ1n) is 10.6. The van der Waals surface area contributed by atoms with E-state index in [4.69, 9.17) is 0 Å². The number of aromatic amines is 1. The largest absolute Gasteiger partial charge is 0.358 e. The van der Waals surface area contributed by atoms with Crippen LogP contribution in [0.1, 0.15) is 50.3 Å². The lowest BCUT2D eigenvalue weighted by molar-refractivity contribution is -0.135. The number of hydrogen-bond donors (Lipinski definition) is 1. The lowest BCUT2D eigenvalue weighted by Gasteiger charge is -2.37. The third-order valence-electron chi connectivity index (χ3n) is 6.52. The van der Waals surface area contributed by atoms with Gasteiger partial charge in [0.25, 0.3) is 0 Å². The number of aromatic nitrogens is 1. The molecule has 1 aromatic heterocycles. The molecule has 0 bridgehead atoms. The molecule has 146 valence electrons. The van der Waals surface area contributed by atoms with Crippen molar-refractivity contribution in [2.24, 2.45) is 11.8 Å². The number of nitrogens with zero attached hydrogens (tertiary/aromatic N) is 2. The molecule has 27 heavy (non-hydrogen) atoms. The first-order chi connectivity index (χ1) is 13.0. The molecule has 2 fully saturated rings. The Morgan fingerprint density at radius 1 is 1.11 bits per heavy atom. The monoisotopic (exact) mass is 367 g/mol. The van der Waals surface area contributed by atoms with Crippen LogP contribution in [0.25, 0.3) is 10.9 Å². The van der Waals surface area contributed by atoms with Gasteiger partial charge in [-0.3, -0.25) is 9.69 Å². The van der Waals surface area contributed by atoms with Gasteiger partial charge in [0, 0.05) is 29.7 Å². The second-order valence-corrected chi connectivity index (χ2v) is 9.00. The molecule has 2 aliphatic heterocycles. The van der Waals surface area contributed by atoms with Crippen molar-refractivity contribution in [3.05, 3.63) is 35.5 Å². The third kappa shape index (κ3) is 3.91. The van der Waals surface area contributed by atoms with E-state index in [9.17, 15) is 4.79 Å². The highest BCUT2D eigenvalue weighted by Crippen LogP contribution is 2.35. The van der Waals surface area contributed by atoms with Crippen molar-refractivity contribution in [3.63, 3.8) is 0 Å². The van der Waals surface area contributed by atoms with E-state index < -0.39 is 0 Å². The standard InChI is InChI=1S/C23H33N3O/c1-16-12-17(2)14-26(13-16)22(27)15-25-10-8-19(9-11-25)23-18(3)24-21-7-5-4-6-20(21)23/h4-7,16-17,19,24H,8-15H2,1-3H3. The second kappa shape index (κ2) is 7.67. The highest BCUT2D eigenvalue weighted by molar-refractivity contribution is 5.85. The van der Waals surface area contributed by atoms with Gasteiger partial charge in [-0.05, 0) is 68.7 Å². The quantitative estimate of drug-likeness (QED) is 0.885. The maximum Gasteiger partial charge on any atom is 0.236 e. The minimum atomic E-state index is 0.329. The van der Waals surface area contributed by atoms with Crippen LogP contribution in [0.3, 0.4) is 0 Å². The molecule has 3 heterocycles. The first kappa shape index (κ1) is 18.5. The lowest BCUT2D eigenvalue weighted by Crippen LogP contribution is -2.48. The Labute approximate surface area is 162 Å². The van der Waals surface area contributed by atoms with Crippen molar-refractivity contribution >= 4 is 16.8 Å². The van der Waals surface area contributed by atoms with Crippen molar-refractivity contribution in [1.29, 1.82) is 0 Å². The van der Waals surface area contributed by atoms with Crippen molar-refractivity contribution in [1.82, 2.24) is 14.8 Å². The van der Waals surface area contributed by atoms with Gasteiger partial charge < -0.3 is 9.88 Å². The first-order valence-corrected chi connectivity index (χ1v) is 10.6. The summed E-state index contributed by atoms with van der Waals surface area (Å²) in [4.78, 5) is 20.8. The van der Waals surface area contributed by atoms with E-state index in [-0.39, 0.29) is 0 Å². The van der Waals surface area contributed by atoms with Crippen LogP contribution in [-0.2, 0) is 4.79 Å².